The van der Waals surface area contributed by atoms with E-state index in [1.807, 2.05) is 27.7 Å². The third kappa shape index (κ3) is 14.6. The van der Waals surface area contributed by atoms with Gasteiger partial charge in [0.15, 0.2) is 11.5 Å². The van der Waals surface area contributed by atoms with Crippen LogP contribution >= 0.6 is 0 Å². The molecule has 0 saturated carbocycles. The number of carboxylic acids is 1. The summed E-state index contributed by atoms with van der Waals surface area (Å²) in [5.74, 6) is -1.97. The first-order valence-electron chi connectivity index (χ1n) is 13.7. The summed E-state index contributed by atoms with van der Waals surface area (Å²) in [7, 11) is 0. The maximum Gasteiger partial charge on any atom is 0.513 e. The highest BCUT2D eigenvalue weighted by Crippen LogP contribution is 2.35. The fourth-order valence-electron chi connectivity index (χ4n) is 3.42. The minimum atomic E-state index is -1.42. The van der Waals surface area contributed by atoms with E-state index in [1.165, 1.54) is 18.2 Å². The van der Waals surface area contributed by atoms with Crippen LogP contribution in [0.5, 0.6) is 11.5 Å². The molecule has 1 aromatic rings. The van der Waals surface area contributed by atoms with Crippen molar-refractivity contribution < 1.29 is 52.7 Å². The first-order valence-corrected chi connectivity index (χ1v) is 13.7. The van der Waals surface area contributed by atoms with Crippen molar-refractivity contribution in [3.05, 3.63) is 23.8 Å². The van der Waals surface area contributed by atoms with Crippen LogP contribution in [0.2, 0.25) is 0 Å². The number of benzene rings is 1. The molecule has 0 aromatic heterocycles. The third-order valence-corrected chi connectivity index (χ3v) is 5.60. The fraction of sp³-hybridized carbons (Fsp3) is 0.655. The summed E-state index contributed by atoms with van der Waals surface area (Å²) in [6.45, 7) is 14.7. The number of carbonyl (C=O) groups excluding carboxylic acids is 3. The Morgan fingerprint density at radius 2 is 1.34 bits per heavy atom. The van der Waals surface area contributed by atoms with Crippen LogP contribution < -0.4 is 15.2 Å². The molecule has 1 aromatic carbocycles. The molecule has 232 valence electrons. The number of hydrogen-bond acceptors (Lipinski definition) is 11. The zero-order valence-corrected chi connectivity index (χ0v) is 25.3. The predicted molar refractivity (Wildman–Crippen MR) is 149 cm³/mol. The van der Waals surface area contributed by atoms with Crippen molar-refractivity contribution in [2.24, 2.45) is 17.6 Å². The van der Waals surface area contributed by atoms with E-state index in [1.54, 1.807) is 27.7 Å². The van der Waals surface area contributed by atoms with Crippen LogP contribution in [0.1, 0.15) is 86.1 Å². The van der Waals surface area contributed by atoms with E-state index in [4.69, 9.17) is 34.2 Å². The predicted octanol–water partition coefficient (Wildman–Crippen LogP) is 6.04. The van der Waals surface area contributed by atoms with Crippen molar-refractivity contribution >= 4 is 24.4 Å². The van der Waals surface area contributed by atoms with E-state index >= 15 is 0 Å². The number of nitrogens with two attached hydrogens (primary N) is 1. The molecule has 41 heavy (non-hydrogen) atoms. The number of ether oxygens (including phenoxy) is 6. The summed E-state index contributed by atoms with van der Waals surface area (Å²) < 4.78 is 31.3. The maximum atomic E-state index is 12.4. The molecule has 1 rings (SSSR count). The van der Waals surface area contributed by atoms with E-state index < -0.39 is 48.1 Å². The molecular formula is C29H45NO11. The van der Waals surface area contributed by atoms with E-state index in [0.717, 1.165) is 0 Å². The lowest BCUT2D eigenvalue weighted by Crippen LogP contribution is -2.38. The van der Waals surface area contributed by atoms with Crippen LogP contribution in [-0.2, 0) is 23.7 Å². The molecule has 12 nitrogen and oxygen atoms in total. The molecule has 3 N–H and O–H groups in total. The van der Waals surface area contributed by atoms with Gasteiger partial charge >= 0.3 is 24.4 Å². The van der Waals surface area contributed by atoms with Crippen molar-refractivity contribution in [2.75, 3.05) is 13.2 Å². The summed E-state index contributed by atoms with van der Waals surface area (Å²) in [6, 6.07) is 2.71. The van der Waals surface area contributed by atoms with Crippen LogP contribution in [0.3, 0.4) is 0 Å². The Hall–Kier alpha value is -3.54. The number of carboxylic acid groups (broad SMARTS) is 1. The molecule has 0 fully saturated rings. The van der Waals surface area contributed by atoms with Gasteiger partial charge in [0.1, 0.15) is 17.7 Å². The summed E-state index contributed by atoms with van der Waals surface area (Å²) in [4.78, 5) is 48.7. The number of rotatable bonds is 14. The molecule has 0 aliphatic rings. The lowest BCUT2D eigenvalue weighted by atomic mass is 9.87. The molecule has 0 bridgehead atoms. The van der Waals surface area contributed by atoms with Gasteiger partial charge in [-0.1, -0.05) is 33.8 Å². The van der Waals surface area contributed by atoms with Gasteiger partial charge in [0, 0.05) is 5.92 Å². The van der Waals surface area contributed by atoms with E-state index in [0.29, 0.717) is 24.3 Å². The van der Waals surface area contributed by atoms with Gasteiger partial charge in [0.05, 0.1) is 13.2 Å². The van der Waals surface area contributed by atoms with Crippen molar-refractivity contribution in [1.82, 2.24) is 0 Å². The maximum absolute atomic E-state index is 12.4. The number of hydrogen-bond donors (Lipinski definition) is 2. The minimum absolute atomic E-state index is 0.0115. The zero-order chi connectivity index (χ0) is 31.3. The standard InChI is InChI=1S/C29H45NO11/c1-17(2)11-13-36-26(33)39-22-10-9-20(16-23(22)40-27(34)37-14-12-18(3)4)21(24(30)25(31)32)15-19(5)38-28(35)41-29(6,7)8/h9-10,16-19,21,24H,11-15,30H2,1-8H3,(H,31,32)/t19?,21?,24-/m0/s1. The average molecular weight is 584 g/mol. The summed E-state index contributed by atoms with van der Waals surface area (Å²) in [5, 5.41) is 9.66. The molecular weight excluding hydrogens is 538 g/mol. The Bertz CT molecular complexity index is 1020. The van der Waals surface area contributed by atoms with Crippen LogP contribution in [0.25, 0.3) is 0 Å². The van der Waals surface area contributed by atoms with Crippen LogP contribution in [0.15, 0.2) is 18.2 Å². The first kappa shape index (κ1) is 35.5. The number of carbonyl (C=O) groups is 4. The van der Waals surface area contributed by atoms with Gasteiger partial charge in [-0.3, -0.25) is 4.79 Å². The van der Waals surface area contributed by atoms with Crippen molar-refractivity contribution in [1.29, 1.82) is 0 Å². The molecule has 0 aliphatic heterocycles. The second-order valence-corrected chi connectivity index (χ2v) is 11.6. The van der Waals surface area contributed by atoms with Gasteiger partial charge in [0.25, 0.3) is 0 Å². The lowest BCUT2D eigenvalue weighted by Gasteiger charge is -2.26. The SMILES string of the molecule is CC(C)CCOC(=O)Oc1ccc(C(CC(C)OC(=O)OC(C)(C)C)[C@H](N)C(=O)O)cc1OC(=O)OCCC(C)C. The van der Waals surface area contributed by atoms with Crippen LogP contribution in [0, 0.1) is 11.8 Å². The van der Waals surface area contributed by atoms with Gasteiger partial charge in [-0.05, 0) is 76.5 Å². The Labute approximate surface area is 241 Å². The molecule has 3 atom stereocenters. The Balaban J connectivity index is 3.26. The Morgan fingerprint density at radius 1 is 0.829 bits per heavy atom. The Kier molecular flexibility index (Phi) is 14.4. The van der Waals surface area contributed by atoms with E-state index in [2.05, 4.69) is 0 Å². The summed E-state index contributed by atoms with van der Waals surface area (Å²) in [5.41, 5.74) is 5.55. The van der Waals surface area contributed by atoms with Crippen molar-refractivity contribution in [3.63, 3.8) is 0 Å². The van der Waals surface area contributed by atoms with E-state index in [-0.39, 0.29) is 37.1 Å². The number of aliphatic carboxylic acids is 1. The minimum Gasteiger partial charge on any atom is -0.480 e. The van der Waals surface area contributed by atoms with Gasteiger partial charge < -0.3 is 39.3 Å². The van der Waals surface area contributed by atoms with Crippen LogP contribution in [-0.4, -0.2) is 60.5 Å². The molecule has 0 saturated heterocycles. The zero-order valence-electron chi connectivity index (χ0n) is 25.3. The second kappa shape index (κ2) is 16.7. The van der Waals surface area contributed by atoms with Gasteiger partial charge in [-0.25, -0.2) is 14.4 Å². The lowest BCUT2D eigenvalue weighted by molar-refractivity contribution is -0.139. The highest BCUT2D eigenvalue weighted by Gasteiger charge is 2.31. The monoisotopic (exact) mass is 583 g/mol. The van der Waals surface area contributed by atoms with E-state index in [9.17, 15) is 24.3 Å². The fourth-order valence-corrected chi connectivity index (χ4v) is 3.42. The smallest absolute Gasteiger partial charge is 0.480 e. The van der Waals surface area contributed by atoms with Crippen LogP contribution in [0.4, 0.5) is 14.4 Å². The largest absolute Gasteiger partial charge is 0.513 e. The molecule has 2 unspecified atom stereocenters. The Morgan fingerprint density at radius 3 is 1.80 bits per heavy atom. The molecule has 0 aliphatic carbocycles. The summed E-state index contributed by atoms with van der Waals surface area (Å²) >= 11 is 0. The van der Waals surface area contributed by atoms with Gasteiger partial charge in [-0.2, -0.15) is 0 Å². The van der Waals surface area contributed by atoms with Crippen molar-refractivity contribution in [2.45, 2.75) is 98.3 Å². The first-order chi connectivity index (χ1) is 19.0. The molecule has 0 radical (unpaired) electrons. The second-order valence-electron chi connectivity index (χ2n) is 11.6. The van der Waals surface area contributed by atoms with Crippen molar-refractivity contribution in [3.8, 4) is 11.5 Å². The summed E-state index contributed by atoms with van der Waals surface area (Å²) in [6.07, 6.45) is -2.54. The molecule has 12 heteroatoms. The molecule has 0 heterocycles. The highest BCUT2D eigenvalue weighted by atomic mass is 16.7. The topological polar surface area (TPSA) is 170 Å². The van der Waals surface area contributed by atoms with Gasteiger partial charge in [-0.15, -0.1) is 0 Å². The normalized spacial score (nSPS) is 13.6. The molecule has 0 spiro atoms. The van der Waals surface area contributed by atoms with Gasteiger partial charge in [0.2, 0.25) is 0 Å². The third-order valence-electron chi connectivity index (χ3n) is 5.60. The highest BCUT2D eigenvalue weighted by molar-refractivity contribution is 5.75. The average Bonchev–Trinajstić information content (AvgIpc) is 2.81. The molecule has 0 amide bonds. The quantitative estimate of drug-likeness (QED) is 0.148.